The minimum Gasteiger partial charge on any atom is -0.423 e. The second-order valence-electron chi connectivity index (χ2n) is 6.14. The third-order valence-electron chi connectivity index (χ3n) is 4.09. The summed E-state index contributed by atoms with van der Waals surface area (Å²) < 4.78 is 5.37. The van der Waals surface area contributed by atoms with Crippen molar-refractivity contribution in [3.05, 3.63) is 65.2 Å². The van der Waals surface area contributed by atoms with Gasteiger partial charge in [-0.05, 0) is 54.8 Å². The van der Waals surface area contributed by atoms with Crippen LogP contribution in [-0.4, -0.2) is 5.97 Å². The highest BCUT2D eigenvalue weighted by Crippen LogP contribution is 2.15. The summed E-state index contributed by atoms with van der Waals surface area (Å²) in [6, 6.07) is 16.2. The number of hydrogen-bond donors (Lipinski definition) is 0. The maximum Gasteiger partial charge on any atom is 0.343 e. The number of ether oxygens (including phenoxy) is 1. The van der Waals surface area contributed by atoms with Gasteiger partial charge in [-0.1, -0.05) is 50.7 Å². The van der Waals surface area contributed by atoms with Gasteiger partial charge in [-0.25, -0.2) is 4.79 Å². The molecule has 2 rings (SSSR count). The number of carbonyl (C=O) groups is 1. The van der Waals surface area contributed by atoms with E-state index in [1.165, 1.54) is 37.7 Å². The van der Waals surface area contributed by atoms with Crippen LogP contribution in [-0.2, 0) is 6.42 Å². The van der Waals surface area contributed by atoms with Gasteiger partial charge in [0.25, 0.3) is 0 Å². The fourth-order valence-corrected chi connectivity index (χ4v) is 2.61. The maximum absolute atomic E-state index is 12.2. The van der Waals surface area contributed by atoms with Crippen LogP contribution in [0.4, 0.5) is 0 Å². The number of unbranched alkanes of at least 4 members (excludes halogenated alkanes) is 4. The van der Waals surface area contributed by atoms with Crippen molar-refractivity contribution in [2.75, 3.05) is 0 Å². The lowest BCUT2D eigenvalue weighted by Crippen LogP contribution is -2.08. The van der Waals surface area contributed by atoms with Crippen molar-refractivity contribution in [1.29, 1.82) is 5.26 Å². The molecule has 3 nitrogen and oxygen atoms in total. The van der Waals surface area contributed by atoms with Crippen LogP contribution in [0.1, 0.15) is 60.5 Å². The summed E-state index contributed by atoms with van der Waals surface area (Å²) in [6.45, 7) is 2.22. The number of nitriles is 1. The van der Waals surface area contributed by atoms with Crippen LogP contribution in [0.2, 0.25) is 0 Å². The summed E-state index contributed by atoms with van der Waals surface area (Å²) in [4.78, 5) is 12.2. The molecule has 0 fully saturated rings. The normalized spacial score (nSPS) is 9.69. The monoisotopic (exact) mass is 345 g/mol. The Morgan fingerprint density at radius 2 is 1.65 bits per heavy atom. The second kappa shape index (κ2) is 10.7. The molecule has 0 N–H and O–H groups in total. The SMILES string of the molecule is CCCCCCCc1ccc(C(=O)Oc2ccc(C#CC#N)cc2)cc1. The van der Waals surface area contributed by atoms with Crippen molar-refractivity contribution in [2.45, 2.75) is 45.4 Å². The Balaban J connectivity index is 1.86. The van der Waals surface area contributed by atoms with Crippen LogP contribution >= 0.6 is 0 Å². The van der Waals surface area contributed by atoms with Crippen molar-refractivity contribution in [3.8, 4) is 23.7 Å². The van der Waals surface area contributed by atoms with E-state index in [9.17, 15) is 4.79 Å². The van der Waals surface area contributed by atoms with Crippen molar-refractivity contribution in [3.63, 3.8) is 0 Å². The topological polar surface area (TPSA) is 50.1 Å². The molecular weight excluding hydrogens is 322 g/mol. The molecule has 2 aromatic carbocycles. The van der Waals surface area contributed by atoms with Crippen molar-refractivity contribution >= 4 is 5.97 Å². The summed E-state index contributed by atoms with van der Waals surface area (Å²) in [5.74, 6) is 5.09. The summed E-state index contributed by atoms with van der Waals surface area (Å²) >= 11 is 0. The van der Waals surface area contributed by atoms with Gasteiger partial charge < -0.3 is 4.74 Å². The molecule has 0 unspecified atom stereocenters. The largest absolute Gasteiger partial charge is 0.423 e. The smallest absolute Gasteiger partial charge is 0.343 e. The highest BCUT2D eigenvalue weighted by Gasteiger charge is 2.08. The van der Waals surface area contributed by atoms with Gasteiger partial charge in [0.05, 0.1) is 5.56 Å². The summed E-state index contributed by atoms with van der Waals surface area (Å²) in [5.41, 5.74) is 2.49. The van der Waals surface area contributed by atoms with E-state index in [1.54, 1.807) is 30.3 Å². The maximum atomic E-state index is 12.2. The van der Waals surface area contributed by atoms with Gasteiger partial charge in [0.2, 0.25) is 0 Å². The predicted octanol–water partition coefficient (Wildman–Crippen LogP) is 5.29. The van der Waals surface area contributed by atoms with Crippen molar-refractivity contribution in [1.82, 2.24) is 0 Å². The highest BCUT2D eigenvalue weighted by molar-refractivity contribution is 5.91. The van der Waals surface area contributed by atoms with E-state index < -0.39 is 0 Å². The van der Waals surface area contributed by atoms with Crippen molar-refractivity contribution < 1.29 is 9.53 Å². The Labute approximate surface area is 155 Å². The van der Waals surface area contributed by atoms with Crippen LogP contribution in [0.25, 0.3) is 0 Å². The van der Waals surface area contributed by atoms with Gasteiger partial charge in [-0.3, -0.25) is 0 Å². The summed E-state index contributed by atoms with van der Waals surface area (Å²) in [5, 5.41) is 8.44. The van der Waals surface area contributed by atoms with Crippen LogP contribution in [0, 0.1) is 23.2 Å². The first-order valence-corrected chi connectivity index (χ1v) is 9.04. The molecule has 0 spiro atoms. The molecule has 2 aromatic rings. The lowest BCUT2D eigenvalue weighted by atomic mass is 10.0. The van der Waals surface area contributed by atoms with Crippen LogP contribution in [0.3, 0.4) is 0 Å². The Hall–Kier alpha value is -3.04. The Bertz CT molecular complexity index is 803. The average molecular weight is 345 g/mol. The average Bonchev–Trinajstić information content (AvgIpc) is 2.68. The molecule has 0 saturated heterocycles. The first-order valence-electron chi connectivity index (χ1n) is 9.04. The molecule has 0 radical (unpaired) electrons. The molecule has 0 aliphatic heterocycles. The molecule has 0 heterocycles. The lowest BCUT2D eigenvalue weighted by Gasteiger charge is -2.06. The van der Waals surface area contributed by atoms with Gasteiger partial charge in [0, 0.05) is 11.5 Å². The first-order chi connectivity index (χ1) is 12.7. The Morgan fingerprint density at radius 3 is 2.31 bits per heavy atom. The minimum atomic E-state index is -0.379. The Kier molecular flexibility index (Phi) is 7.97. The number of benzene rings is 2. The quantitative estimate of drug-likeness (QED) is 0.282. The van der Waals surface area contributed by atoms with Crippen molar-refractivity contribution in [2.24, 2.45) is 0 Å². The number of hydrogen-bond acceptors (Lipinski definition) is 3. The molecule has 0 saturated carbocycles. The van der Waals surface area contributed by atoms with Gasteiger partial charge in [0.1, 0.15) is 5.75 Å². The third kappa shape index (κ3) is 6.46. The van der Waals surface area contributed by atoms with E-state index in [0.717, 1.165) is 6.42 Å². The first kappa shape index (κ1) is 19.3. The molecule has 0 aliphatic carbocycles. The summed E-state index contributed by atoms with van der Waals surface area (Å²) in [6.07, 6.45) is 7.34. The zero-order valence-electron chi connectivity index (χ0n) is 15.1. The number of esters is 1. The number of aryl methyl sites for hydroxylation is 1. The number of rotatable bonds is 8. The molecule has 0 aromatic heterocycles. The van der Waals surface area contributed by atoms with Crippen LogP contribution in [0.15, 0.2) is 48.5 Å². The van der Waals surface area contributed by atoms with Gasteiger partial charge in [-0.15, -0.1) is 0 Å². The van der Waals surface area contributed by atoms with Gasteiger partial charge in [0.15, 0.2) is 6.07 Å². The molecule has 26 heavy (non-hydrogen) atoms. The molecular formula is C23H23NO2. The third-order valence-corrected chi connectivity index (χ3v) is 4.09. The lowest BCUT2D eigenvalue weighted by molar-refractivity contribution is 0.0734. The van der Waals surface area contributed by atoms with Gasteiger partial charge >= 0.3 is 5.97 Å². The highest BCUT2D eigenvalue weighted by atomic mass is 16.5. The molecule has 0 aliphatic rings. The van der Waals surface area contributed by atoms with E-state index in [1.807, 2.05) is 24.3 Å². The van der Waals surface area contributed by atoms with E-state index in [0.29, 0.717) is 16.9 Å². The van der Waals surface area contributed by atoms with Crippen LogP contribution in [0.5, 0.6) is 5.75 Å². The molecule has 0 atom stereocenters. The number of carbonyl (C=O) groups excluding carboxylic acids is 1. The fourth-order valence-electron chi connectivity index (χ4n) is 2.61. The molecule has 0 bridgehead atoms. The summed E-state index contributed by atoms with van der Waals surface area (Å²) in [7, 11) is 0. The predicted molar refractivity (Wildman–Crippen MR) is 103 cm³/mol. The standard InChI is InChI=1S/C23H23NO2/c1-2-3-4-5-6-8-19-10-14-21(15-11-19)23(25)26-22-16-12-20(13-17-22)9-7-18-24/h10-17H,2-6,8H2,1H3. The van der Waals surface area contributed by atoms with E-state index in [-0.39, 0.29) is 5.97 Å². The minimum absolute atomic E-state index is 0.379. The van der Waals surface area contributed by atoms with E-state index in [4.69, 9.17) is 10.00 Å². The Morgan fingerprint density at radius 1 is 0.962 bits per heavy atom. The molecule has 132 valence electrons. The molecule has 0 amide bonds. The van der Waals surface area contributed by atoms with Crippen LogP contribution < -0.4 is 4.74 Å². The fraction of sp³-hybridized carbons (Fsp3) is 0.304. The zero-order valence-corrected chi connectivity index (χ0v) is 15.1. The number of nitrogens with zero attached hydrogens (tertiary/aromatic N) is 1. The van der Waals surface area contributed by atoms with E-state index in [2.05, 4.69) is 18.8 Å². The molecule has 3 heteroatoms. The zero-order chi connectivity index (χ0) is 18.6. The second-order valence-corrected chi connectivity index (χ2v) is 6.14. The van der Waals surface area contributed by atoms with E-state index >= 15 is 0 Å². The van der Waals surface area contributed by atoms with Gasteiger partial charge in [-0.2, -0.15) is 5.26 Å².